The molecular formula is C19H32ClN11O. The molecule has 0 amide bonds. The Morgan fingerprint density at radius 3 is 1.84 bits per heavy atom. The van der Waals surface area contributed by atoms with Gasteiger partial charge in [-0.25, -0.2) is 0 Å². The van der Waals surface area contributed by atoms with E-state index in [9.17, 15) is 0 Å². The van der Waals surface area contributed by atoms with Crippen molar-refractivity contribution in [1.82, 2.24) is 29.9 Å². The summed E-state index contributed by atoms with van der Waals surface area (Å²) in [6.07, 6.45) is 0. The first-order valence-corrected chi connectivity index (χ1v) is 10.5. The number of aromatic nitrogens is 6. The van der Waals surface area contributed by atoms with Gasteiger partial charge in [0.1, 0.15) is 5.54 Å². The minimum Gasteiger partial charge on any atom is -0.467 e. The second kappa shape index (κ2) is 12.6. The van der Waals surface area contributed by atoms with Gasteiger partial charge in [-0.15, -0.1) is 0 Å². The summed E-state index contributed by atoms with van der Waals surface area (Å²) in [6, 6.07) is 2.92. The van der Waals surface area contributed by atoms with E-state index < -0.39 is 5.54 Å². The molecule has 176 valence electrons. The molecular weight excluding hydrogens is 434 g/mol. The molecule has 12 nitrogen and oxygen atoms in total. The summed E-state index contributed by atoms with van der Waals surface area (Å²) in [7, 11) is 1.54. The van der Waals surface area contributed by atoms with E-state index in [1.165, 1.54) is 7.11 Å². The second-order valence-corrected chi connectivity index (χ2v) is 8.05. The van der Waals surface area contributed by atoms with E-state index in [4.69, 9.17) is 21.6 Å². The van der Waals surface area contributed by atoms with Gasteiger partial charge < -0.3 is 26.0 Å². The van der Waals surface area contributed by atoms with Crippen molar-refractivity contribution in [2.75, 3.05) is 34.9 Å². The molecule has 2 rings (SSSR count). The number of anilines is 4. The van der Waals surface area contributed by atoms with Gasteiger partial charge in [-0.3, -0.25) is 0 Å². The molecule has 4 N–H and O–H groups in total. The van der Waals surface area contributed by atoms with Crippen LogP contribution in [-0.2, 0) is 0 Å². The fourth-order valence-corrected chi connectivity index (χ4v) is 2.20. The number of nitrogens with zero attached hydrogens (tertiary/aromatic N) is 7. The van der Waals surface area contributed by atoms with E-state index in [1.807, 2.05) is 34.6 Å². The maximum Gasteiger partial charge on any atom is 0.322 e. The highest BCUT2D eigenvalue weighted by Crippen LogP contribution is 2.14. The predicted octanol–water partition coefficient (Wildman–Crippen LogP) is 3.19. The van der Waals surface area contributed by atoms with Crippen molar-refractivity contribution in [1.29, 1.82) is 5.26 Å². The van der Waals surface area contributed by atoms with Gasteiger partial charge in [-0.1, -0.05) is 0 Å². The van der Waals surface area contributed by atoms with E-state index >= 15 is 0 Å². The van der Waals surface area contributed by atoms with E-state index in [-0.39, 0.29) is 23.3 Å². The lowest BCUT2D eigenvalue weighted by atomic mass is 10.1. The Morgan fingerprint density at radius 2 is 1.41 bits per heavy atom. The van der Waals surface area contributed by atoms with Crippen molar-refractivity contribution in [2.24, 2.45) is 0 Å². The molecule has 0 aliphatic heterocycles. The van der Waals surface area contributed by atoms with Gasteiger partial charge in [0.2, 0.25) is 29.1 Å². The third-order valence-corrected chi connectivity index (χ3v) is 3.45. The number of nitrogens with one attached hydrogen (secondary N) is 4. The number of nitriles is 1. The number of halogens is 1. The van der Waals surface area contributed by atoms with Crippen molar-refractivity contribution in [3.05, 3.63) is 5.28 Å². The van der Waals surface area contributed by atoms with E-state index in [0.29, 0.717) is 30.4 Å². The van der Waals surface area contributed by atoms with Gasteiger partial charge in [-0.2, -0.15) is 35.2 Å². The number of methoxy groups -OCH3 is 1. The molecule has 0 bridgehead atoms. The van der Waals surface area contributed by atoms with Gasteiger partial charge in [0, 0.05) is 18.6 Å². The lowest BCUT2D eigenvalue weighted by molar-refractivity contribution is 0.379. The first-order chi connectivity index (χ1) is 15.0. The van der Waals surface area contributed by atoms with Gasteiger partial charge in [-0.05, 0) is 60.1 Å². The highest BCUT2D eigenvalue weighted by Gasteiger charge is 2.18. The molecule has 0 aliphatic carbocycles. The Labute approximate surface area is 194 Å². The van der Waals surface area contributed by atoms with Crippen molar-refractivity contribution < 1.29 is 4.74 Å². The second-order valence-electron chi connectivity index (χ2n) is 7.71. The lowest BCUT2D eigenvalue weighted by Gasteiger charge is -2.17. The van der Waals surface area contributed by atoms with Crippen molar-refractivity contribution in [2.45, 2.75) is 66.1 Å². The Kier molecular flexibility index (Phi) is 10.6. The van der Waals surface area contributed by atoms with Crippen LogP contribution in [0.5, 0.6) is 6.01 Å². The van der Waals surface area contributed by atoms with E-state index in [1.54, 1.807) is 13.8 Å². The summed E-state index contributed by atoms with van der Waals surface area (Å²) in [4.78, 5) is 24.3. The maximum atomic E-state index is 8.87. The highest BCUT2D eigenvalue weighted by molar-refractivity contribution is 6.28. The normalized spacial score (nSPS) is 10.7. The van der Waals surface area contributed by atoms with E-state index in [0.717, 1.165) is 0 Å². The zero-order valence-corrected chi connectivity index (χ0v) is 20.5. The zero-order valence-electron chi connectivity index (χ0n) is 19.8. The van der Waals surface area contributed by atoms with Crippen LogP contribution in [0.25, 0.3) is 0 Å². The summed E-state index contributed by atoms with van der Waals surface area (Å²) in [6.45, 7) is 14.1. The number of hydrogen-bond donors (Lipinski definition) is 4. The molecule has 0 atom stereocenters. The average Bonchev–Trinajstić information content (AvgIpc) is 2.66. The van der Waals surface area contributed by atoms with Crippen LogP contribution < -0.4 is 26.0 Å². The van der Waals surface area contributed by atoms with Gasteiger partial charge in [0.15, 0.2) is 0 Å². The zero-order chi connectivity index (χ0) is 24.3. The van der Waals surface area contributed by atoms with Gasteiger partial charge in [0.25, 0.3) is 0 Å². The maximum absolute atomic E-state index is 8.87. The van der Waals surface area contributed by atoms with Gasteiger partial charge >= 0.3 is 6.01 Å². The van der Waals surface area contributed by atoms with Crippen molar-refractivity contribution in [3.8, 4) is 12.1 Å². The fraction of sp³-hybridized carbons (Fsp3) is 0.632. The molecule has 0 fully saturated rings. The van der Waals surface area contributed by atoms with Crippen LogP contribution in [-0.4, -0.2) is 61.2 Å². The average molecular weight is 466 g/mol. The summed E-state index contributed by atoms with van der Waals surface area (Å²) in [5.74, 6) is 1.70. The minimum absolute atomic E-state index is 0.0854. The third-order valence-electron chi connectivity index (χ3n) is 3.28. The van der Waals surface area contributed by atoms with Crippen LogP contribution in [0.1, 0.15) is 48.5 Å². The lowest BCUT2D eigenvalue weighted by Crippen LogP contribution is -2.29. The smallest absolute Gasteiger partial charge is 0.322 e. The summed E-state index contributed by atoms with van der Waals surface area (Å²) < 4.78 is 5.02. The molecule has 0 saturated heterocycles. The Bertz CT molecular complexity index is 871. The molecule has 2 heterocycles. The molecule has 0 radical (unpaired) electrons. The molecule has 13 heteroatoms. The molecule has 0 unspecified atom stereocenters. The van der Waals surface area contributed by atoms with Crippen LogP contribution in [0.15, 0.2) is 0 Å². The Balaban J connectivity index is 0.000000320. The van der Waals surface area contributed by atoms with Crippen LogP contribution >= 0.6 is 11.6 Å². The fourth-order valence-electron chi connectivity index (χ4n) is 2.04. The minimum atomic E-state index is -0.756. The van der Waals surface area contributed by atoms with Crippen molar-refractivity contribution in [3.63, 3.8) is 0 Å². The summed E-state index contributed by atoms with van der Waals surface area (Å²) in [5, 5.41) is 21.0. The molecule has 0 aliphatic rings. The quantitative estimate of drug-likeness (QED) is 0.429. The number of ether oxygens (including phenoxy) is 1. The third kappa shape index (κ3) is 10.2. The molecule has 0 saturated carbocycles. The van der Waals surface area contributed by atoms with E-state index in [2.05, 4.69) is 57.2 Å². The Morgan fingerprint density at radius 1 is 0.906 bits per heavy atom. The predicted molar refractivity (Wildman–Crippen MR) is 126 cm³/mol. The Hall–Kier alpha value is -3.20. The molecule has 2 aromatic heterocycles. The largest absolute Gasteiger partial charge is 0.467 e. The highest BCUT2D eigenvalue weighted by atomic mass is 35.5. The molecule has 0 aromatic carbocycles. The van der Waals surface area contributed by atoms with Crippen molar-refractivity contribution >= 4 is 35.4 Å². The summed E-state index contributed by atoms with van der Waals surface area (Å²) in [5.41, 5.74) is -0.756. The van der Waals surface area contributed by atoms with Gasteiger partial charge in [0.05, 0.1) is 13.2 Å². The van der Waals surface area contributed by atoms with Crippen LogP contribution in [0.2, 0.25) is 5.28 Å². The first kappa shape index (κ1) is 26.8. The van der Waals surface area contributed by atoms with Crippen LogP contribution in [0.4, 0.5) is 23.8 Å². The standard InChI is InChI=1S/C10H19N5O.C9H13ClN6/c1-6(2)11-8-13-9(12-7(3)4)15-10(14-8)16-5;1-4-12-7-13-6(10)14-8(15-7)16-9(2,3)5-11/h6-7H,1-5H3,(H2,11,12,13,14,15);4H2,1-3H3,(H2,12,13,14,15,16). The first-order valence-electron chi connectivity index (χ1n) is 10.2. The van der Waals surface area contributed by atoms with Crippen LogP contribution in [0.3, 0.4) is 0 Å². The number of rotatable bonds is 9. The monoisotopic (exact) mass is 465 g/mol. The molecule has 0 spiro atoms. The molecule has 32 heavy (non-hydrogen) atoms. The molecule has 2 aromatic rings. The summed E-state index contributed by atoms with van der Waals surface area (Å²) >= 11 is 5.73. The number of hydrogen-bond acceptors (Lipinski definition) is 12. The SMILES string of the molecule is CCNc1nc(Cl)nc(NC(C)(C)C#N)n1.COc1nc(NC(C)C)nc(NC(C)C)n1. The van der Waals surface area contributed by atoms with Crippen LogP contribution in [0, 0.1) is 11.3 Å². The topological polar surface area (TPSA) is 158 Å².